The lowest BCUT2D eigenvalue weighted by molar-refractivity contribution is 0.474. The van der Waals surface area contributed by atoms with Gasteiger partial charge in [0.1, 0.15) is 11.6 Å². The number of phenols is 1. The van der Waals surface area contributed by atoms with Gasteiger partial charge in [0.2, 0.25) is 0 Å². The molecule has 0 saturated carbocycles. The van der Waals surface area contributed by atoms with Crippen molar-refractivity contribution in [3.8, 4) is 5.75 Å². The molecule has 74 valence electrons. The lowest BCUT2D eigenvalue weighted by Crippen LogP contribution is -2.20. The molecule has 0 unspecified atom stereocenters. The second-order valence-corrected chi connectivity index (χ2v) is 4.50. The molecule has 1 aliphatic heterocycles. The van der Waals surface area contributed by atoms with Gasteiger partial charge in [-0.25, -0.2) is 0 Å². The molecule has 3 nitrogen and oxygen atoms in total. The maximum Gasteiger partial charge on any atom is 0.116 e. The van der Waals surface area contributed by atoms with Gasteiger partial charge >= 0.3 is 0 Å². The van der Waals surface area contributed by atoms with Crippen LogP contribution in [0.1, 0.15) is 5.56 Å². The van der Waals surface area contributed by atoms with E-state index in [0.29, 0.717) is 5.75 Å². The number of nitrogens with one attached hydrogen (secondary N) is 1. The van der Waals surface area contributed by atoms with Gasteiger partial charge in [-0.15, -0.1) is 0 Å². The molecule has 0 atom stereocenters. The Labute approximate surface area is 96.4 Å². The number of halogens is 1. The lowest BCUT2D eigenvalue weighted by atomic mass is 10.1. The van der Waals surface area contributed by atoms with E-state index in [4.69, 9.17) is 0 Å². The summed E-state index contributed by atoms with van der Waals surface area (Å²) in [5.41, 5.74) is 1.10. The topological polar surface area (TPSA) is 44.6 Å². The predicted molar refractivity (Wildman–Crippen MR) is 64.8 cm³/mol. The van der Waals surface area contributed by atoms with Crippen LogP contribution in [-0.4, -0.2) is 24.0 Å². The minimum Gasteiger partial charge on any atom is -0.508 e. The van der Waals surface area contributed by atoms with Crippen molar-refractivity contribution >= 4 is 28.4 Å². The minimum atomic E-state index is 0.325. The van der Waals surface area contributed by atoms with Gasteiger partial charge in [0.15, 0.2) is 0 Å². The summed E-state index contributed by atoms with van der Waals surface area (Å²) in [5.74, 6) is 1.34. The van der Waals surface area contributed by atoms with E-state index in [-0.39, 0.29) is 0 Å². The van der Waals surface area contributed by atoms with Gasteiger partial charge in [-0.05, 0) is 46.4 Å². The molecular formula is C10H11IN2O. The van der Waals surface area contributed by atoms with E-state index in [0.717, 1.165) is 34.5 Å². The fourth-order valence-corrected chi connectivity index (χ4v) is 2.21. The molecule has 1 heterocycles. The summed E-state index contributed by atoms with van der Waals surface area (Å²) in [5, 5.41) is 12.6. The first-order chi connectivity index (χ1) is 6.74. The van der Waals surface area contributed by atoms with Crippen molar-refractivity contribution in [3.05, 3.63) is 27.3 Å². The summed E-state index contributed by atoms with van der Waals surface area (Å²) >= 11 is 2.20. The van der Waals surface area contributed by atoms with Crippen molar-refractivity contribution in [2.75, 3.05) is 13.1 Å². The summed E-state index contributed by atoms with van der Waals surface area (Å²) in [6.07, 6.45) is 0.782. The third kappa shape index (κ3) is 2.37. The third-order valence-corrected chi connectivity index (χ3v) is 2.68. The number of aliphatic imine (C=N–C) groups is 1. The van der Waals surface area contributed by atoms with Crippen molar-refractivity contribution in [2.45, 2.75) is 6.42 Å². The summed E-state index contributed by atoms with van der Waals surface area (Å²) < 4.78 is 1.05. The van der Waals surface area contributed by atoms with Crippen molar-refractivity contribution in [1.82, 2.24) is 5.32 Å². The largest absolute Gasteiger partial charge is 0.508 e. The highest BCUT2D eigenvalue weighted by atomic mass is 127. The molecule has 0 radical (unpaired) electrons. The zero-order valence-electron chi connectivity index (χ0n) is 7.63. The smallest absolute Gasteiger partial charge is 0.116 e. The average Bonchev–Trinajstić information content (AvgIpc) is 2.54. The Kier molecular flexibility index (Phi) is 2.90. The molecule has 0 aromatic heterocycles. The van der Waals surface area contributed by atoms with Gasteiger partial charge in [-0.2, -0.15) is 0 Å². The summed E-state index contributed by atoms with van der Waals surface area (Å²) in [7, 11) is 0. The molecule has 14 heavy (non-hydrogen) atoms. The van der Waals surface area contributed by atoms with Crippen molar-refractivity contribution in [2.24, 2.45) is 4.99 Å². The maximum atomic E-state index is 9.40. The molecule has 0 saturated heterocycles. The second kappa shape index (κ2) is 4.16. The fourth-order valence-electron chi connectivity index (χ4n) is 1.49. The number of benzene rings is 1. The summed E-state index contributed by atoms with van der Waals surface area (Å²) in [6.45, 7) is 1.80. The minimum absolute atomic E-state index is 0.325. The Morgan fingerprint density at radius 1 is 1.43 bits per heavy atom. The maximum absolute atomic E-state index is 9.40. The number of aromatic hydroxyl groups is 1. The molecule has 0 amide bonds. The van der Waals surface area contributed by atoms with Crippen LogP contribution in [0.3, 0.4) is 0 Å². The lowest BCUT2D eigenvalue weighted by Gasteiger charge is -2.04. The van der Waals surface area contributed by atoms with Crippen LogP contribution in [-0.2, 0) is 6.42 Å². The predicted octanol–water partition coefficient (Wildman–Crippen LogP) is 1.54. The monoisotopic (exact) mass is 302 g/mol. The van der Waals surface area contributed by atoms with Gasteiger partial charge in [0.25, 0.3) is 0 Å². The first-order valence-corrected chi connectivity index (χ1v) is 5.57. The van der Waals surface area contributed by atoms with E-state index >= 15 is 0 Å². The van der Waals surface area contributed by atoms with Crippen molar-refractivity contribution in [3.63, 3.8) is 0 Å². The quantitative estimate of drug-likeness (QED) is 0.814. The number of phenolic OH excluding ortho intramolecular Hbond substituents is 1. The zero-order valence-corrected chi connectivity index (χ0v) is 9.78. The number of hydrogen-bond acceptors (Lipinski definition) is 3. The molecule has 2 rings (SSSR count). The van der Waals surface area contributed by atoms with Crippen LogP contribution in [0.4, 0.5) is 0 Å². The van der Waals surface area contributed by atoms with Gasteiger partial charge in [-0.1, -0.05) is 0 Å². The van der Waals surface area contributed by atoms with Gasteiger partial charge in [0, 0.05) is 16.5 Å². The Balaban J connectivity index is 2.15. The molecule has 0 fully saturated rings. The molecular weight excluding hydrogens is 291 g/mol. The number of rotatable bonds is 2. The van der Waals surface area contributed by atoms with E-state index in [2.05, 4.69) is 39.0 Å². The van der Waals surface area contributed by atoms with Gasteiger partial charge < -0.3 is 10.4 Å². The standard InChI is InChI=1S/C10H11IN2O/c11-8-3-7(4-9(14)6-8)5-10-12-1-2-13-10/h3-4,6,14H,1-2,5H2,(H,12,13). The van der Waals surface area contributed by atoms with E-state index < -0.39 is 0 Å². The van der Waals surface area contributed by atoms with Crippen LogP contribution in [0.5, 0.6) is 5.75 Å². The SMILES string of the molecule is Oc1cc(I)cc(CC2=NCCN2)c1. The molecule has 1 aliphatic rings. The normalized spacial score (nSPS) is 15.1. The molecule has 2 N–H and O–H groups in total. The number of amidine groups is 1. The van der Waals surface area contributed by atoms with E-state index in [1.54, 1.807) is 12.1 Å². The molecule has 0 spiro atoms. The molecule has 1 aromatic rings. The number of nitrogens with zero attached hydrogens (tertiary/aromatic N) is 1. The van der Waals surface area contributed by atoms with Crippen LogP contribution in [0.15, 0.2) is 23.2 Å². The summed E-state index contributed by atoms with van der Waals surface area (Å²) in [6, 6.07) is 5.58. The molecule has 1 aromatic carbocycles. The Morgan fingerprint density at radius 2 is 2.29 bits per heavy atom. The van der Waals surface area contributed by atoms with E-state index in [1.807, 2.05) is 0 Å². The highest BCUT2D eigenvalue weighted by molar-refractivity contribution is 14.1. The van der Waals surface area contributed by atoms with Gasteiger partial charge in [-0.3, -0.25) is 4.99 Å². The zero-order chi connectivity index (χ0) is 9.97. The van der Waals surface area contributed by atoms with E-state index in [9.17, 15) is 5.11 Å². The van der Waals surface area contributed by atoms with Crippen molar-refractivity contribution in [1.29, 1.82) is 0 Å². The van der Waals surface area contributed by atoms with Crippen LogP contribution >= 0.6 is 22.6 Å². The molecule has 4 heteroatoms. The van der Waals surface area contributed by atoms with Crippen LogP contribution in [0, 0.1) is 3.57 Å². The highest BCUT2D eigenvalue weighted by Gasteiger charge is 2.06. The molecule has 0 bridgehead atoms. The second-order valence-electron chi connectivity index (χ2n) is 3.25. The first kappa shape index (κ1) is 9.76. The average molecular weight is 302 g/mol. The summed E-state index contributed by atoms with van der Waals surface area (Å²) in [4.78, 5) is 4.31. The first-order valence-electron chi connectivity index (χ1n) is 4.50. The molecule has 0 aliphatic carbocycles. The number of hydrogen-bond donors (Lipinski definition) is 2. The van der Waals surface area contributed by atoms with E-state index in [1.165, 1.54) is 0 Å². The Hall–Kier alpha value is -0.780. The third-order valence-electron chi connectivity index (χ3n) is 2.06. The van der Waals surface area contributed by atoms with Gasteiger partial charge in [0.05, 0.1) is 6.54 Å². The highest BCUT2D eigenvalue weighted by Crippen LogP contribution is 2.17. The fraction of sp³-hybridized carbons (Fsp3) is 0.300. The van der Waals surface area contributed by atoms with Crippen LogP contribution in [0.25, 0.3) is 0 Å². The van der Waals surface area contributed by atoms with Crippen LogP contribution in [0.2, 0.25) is 0 Å². The van der Waals surface area contributed by atoms with Crippen LogP contribution < -0.4 is 5.32 Å². The Morgan fingerprint density at radius 3 is 2.93 bits per heavy atom. The Bertz CT molecular complexity index is 356. The van der Waals surface area contributed by atoms with Crippen molar-refractivity contribution < 1.29 is 5.11 Å².